The van der Waals surface area contributed by atoms with Gasteiger partial charge in [0, 0.05) is 31.3 Å². The lowest BCUT2D eigenvalue weighted by molar-refractivity contribution is 0.222. The van der Waals surface area contributed by atoms with E-state index < -0.39 is 0 Å². The first kappa shape index (κ1) is 13.3. The summed E-state index contributed by atoms with van der Waals surface area (Å²) >= 11 is 0. The van der Waals surface area contributed by atoms with Gasteiger partial charge in [-0.1, -0.05) is 0 Å². The number of nitrogens with zero attached hydrogens (tertiary/aromatic N) is 3. The first-order valence-corrected chi connectivity index (χ1v) is 7.44. The van der Waals surface area contributed by atoms with Gasteiger partial charge in [-0.3, -0.25) is 4.90 Å². The molecular weight excluding hydrogens is 278 g/mol. The summed E-state index contributed by atoms with van der Waals surface area (Å²) in [7, 11) is 0. The minimum atomic E-state index is 0.666. The maximum Gasteiger partial charge on any atom is 0.195 e. The Morgan fingerprint density at radius 3 is 3.00 bits per heavy atom. The number of hydrogen-bond acceptors (Lipinski definition) is 5. The third-order valence-electron chi connectivity index (χ3n) is 3.93. The summed E-state index contributed by atoms with van der Waals surface area (Å²) in [5, 5.41) is 0. The fourth-order valence-corrected chi connectivity index (χ4v) is 2.82. The average Bonchev–Trinajstić information content (AvgIpc) is 3.19. The van der Waals surface area contributed by atoms with Gasteiger partial charge in [-0.15, -0.1) is 0 Å². The Morgan fingerprint density at radius 1 is 1.27 bits per heavy atom. The molecule has 3 aromatic rings. The zero-order chi connectivity index (χ0) is 14.9. The van der Waals surface area contributed by atoms with Gasteiger partial charge in [-0.2, -0.15) is 0 Å². The van der Waals surface area contributed by atoms with Crippen molar-refractivity contribution in [2.75, 3.05) is 6.54 Å². The van der Waals surface area contributed by atoms with Gasteiger partial charge >= 0.3 is 0 Å². The number of rotatable bonds is 3. The lowest BCUT2D eigenvalue weighted by Crippen LogP contribution is -2.30. The minimum absolute atomic E-state index is 0.666. The summed E-state index contributed by atoms with van der Waals surface area (Å²) in [6.45, 7) is 4.63. The van der Waals surface area contributed by atoms with Crippen LogP contribution in [0.1, 0.15) is 22.8 Å². The van der Waals surface area contributed by atoms with Crippen LogP contribution in [0.2, 0.25) is 0 Å². The fraction of sp³-hybridized carbons (Fsp3) is 0.294. The Kier molecular flexibility index (Phi) is 3.27. The van der Waals surface area contributed by atoms with E-state index in [4.69, 9.17) is 8.83 Å². The van der Waals surface area contributed by atoms with E-state index in [0.717, 1.165) is 49.0 Å². The smallest absolute Gasteiger partial charge is 0.195 e. The third kappa shape index (κ3) is 2.55. The van der Waals surface area contributed by atoms with Crippen molar-refractivity contribution in [1.82, 2.24) is 14.9 Å². The highest BCUT2D eigenvalue weighted by Crippen LogP contribution is 2.22. The summed E-state index contributed by atoms with van der Waals surface area (Å²) in [4.78, 5) is 11.4. The molecule has 1 aliphatic heterocycles. The van der Waals surface area contributed by atoms with Crippen LogP contribution in [0.4, 0.5) is 0 Å². The molecule has 0 aromatic carbocycles. The SMILES string of the molecule is Cc1ccc(CN2CCc3nc(-c4ccco4)ncc3C2)o1. The predicted molar refractivity (Wildman–Crippen MR) is 81.0 cm³/mol. The van der Waals surface area contributed by atoms with Gasteiger partial charge in [0.1, 0.15) is 11.5 Å². The van der Waals surface area contributed by atoms with E-state index in [0.29, 0.717) is 5.82 Å². The average molecular weight is 295 g/mol. The molecule has 0 unspecified atom stereocenters. The molecule has 0 fully saturated rings. The Balaban J connectivity index is 1.52. The molecule has 4 rings (SSSR count). The van der Waals surface area contributed by atoms with E-state index in [1.165, 1.54) is 5.56 Å². The Bertz CT molecular complexity index is 777. The van der Waals surface area contributed by atoms with E-state index in [1.807, 2.05) is 37.4 Å². The zero-order valence-corrected chi connectivity index (χ0v) is 12.5. The highest BCUT2D eigenvalue weighted by molar-refractivity contribution is 5.46. The van der Waals surface area contributed by atoms with Crippen molar-refractivity contribution in [2.24, 2.45) is 0 Å². The Labute approximate surface area is 128 Å². The number of furan rings is 2. The lowest BCUT2D eigenvalue weighted by Gasteiger charge is -2.27. The quantitative estimate of drug-likeness (QED) is 0.742. The molecule has 0 spiro atoms. The summed E-state index contributed by atoms with van der Waals surface area (Å²) in [5.74, 6) is 3.35. The van der Waals surface area contributed by atoms with Crippen molar-refractivity contribution in [3.8, 4) is 11.6 Å². The molecule has 0 aliphatic carbocycles. The van der Waals surface area contributed by atoms with Crippen molar-refractivity contribution in [1.29, 1.82) is 0 Å². The van der Waals surface area contributed by atoms with Gasteiger partial charge in [0.2, 0.25) is 0 Å². The zero-order valence-electron chi connectivity index (χ0n) is 12.5. The molecule has 0 N–H and O–H groups in total. The Morgan fingerprint density at radius 2 is 2.23 bits per heavy atom. The molecule has 5 heteroatoms. The Hall–Kier alpha value is -2.40. The fourth-order valence-electron chi connectivity index (χ4n) is 2.82. The third-order valence-corrected chi connectivity index (χ3v) is 3.93. The monoisotopic (exact) mass is 295 g/mol. The van der Waals surface area contributed by atoms with Crippen molar-refractivity contribution >= 4 is 0 Å². The van der Waals surface area contributed by atoms with Gasteiger partial charge in [-0.25, -0.2) is 9.97 Å². The van der Waals surface area contributed by atoms with Crippen molar-refractivity contribution in [3.05, 3.63) is 59.5 Å². The molecule has 3 aromatic heterocycles. The number of hydrogen-bond donors (Lipinski definition) is 0. The molecule has 0 saturated carbocycles. The van der Waals surface area contributed by atoms with Crippen LogP contribution in [0.25, 0.3) is 11.6 Å². The summed E-state index contributed by atoms with van der Waals surface area (Å²) in [6.07, 6.45) is 4.48. The maximum atomic E-state index is 5.66. The topological polar surface area (TPSA) is 55.3 Å². The van der Waals surface area contributed by atoms with Crippen molar-refractivity contribution in [3.63, 3.8) is 0 Å². The molecule has 22 heavy (non-hydrogen) atoms. The minimum Gasteiger partial charge on any atom is -0.465 e. The summed E-state index contributed by atoms with van der Waals surface area (Å²) in [5.41, 5.74) is 2.30. The molecule has 4 heterocycles. The van der Waals surface area contributed by atoms with Crippen LogP contribution in [-0.2, 0) is 19.5 Å². The molecule has 0 atom stereocenters. The van der Waals surface area contributed by atoms with Crippen LogP contribution in [0.15, 0.2) is 45.6 Å². The molecule has 5 nitrogen and oxygen atoms in total. The predicted octanol–water partition coefficient (Wildman–Crippen LogP) is 3.20. The van der Waals surface area contributed by atoms with E-state index in [1.54, 1.807) is 6.26 Å². The first-order chi connectivity index (χ1) is 10.8. The highest BCUT2D eigenvalue weighted by atomic mass is 16.3. The van der Waals surface area contributed by atoms with Gasteiger partial charge in [0.05, 0.1) is 18.5 Å². The molecule has 0 saturated heterocycles. The van der Waals surface area contributed by atoms with E-state index >= 15 is 0 Å². The van der Waals surface area contributed by atoms with Crippen LogP contribution < -0.4 is 0 Å². The van der Waals surface area contributed by atoms with Crippen LogP contribution >= 0.6 is 0 Å². The molecular formula is C17H17N3O2. The lowest BCUT2D eigenvalue weighted by atomic mass is 10.1. The second-order valence-corrected chi connectivity index (χ2v) is 5.62. The maximum absolute atomic E-state index is 5.66. The van der Waals surface area contributed by atoms with E-state index in [-0.39, 0.29) is 0 Å². The van der Waals surface area contributed by atoms with Gasteiger partial charge in [0.25, 0.3) is 0 Å². The van der Waals surface area contributed by atoms with Crippen LogP contribution in [0.3, 0.4) is 0 Å². The second kappa shape index (κ2) is 5.42. The summed E-state index contributed by atoms with van der Waals surface area (Å²) < 4.78 is 11.0. The first-order valence-electron chi connectivity index (χ1n) is 7.44. The van der Waals surface area contributed by atoms with Crippen molar-refractivity contribution in [2.45, 2.75) is 26.4 Å². The largest absolute Gasteiger partial charge is 0.465 e. The van der Waals surface area contributed by atoms with E-state index in [2.05, 4.69) is 14.9 Å². The molecule has 1 aliphatic rings. The highest BCUT2D eigenvalue weighted by Gasteiger charge is 2.20. The molecule has 0 bridgehead atoms. The molecule has 112 valence electrons. The number of aromatic nitrogens is 2. The summed E-state index contributed by atoms with van der Waals surface area (Å²) in [6, 6.07) is 7.79. The second-order valence-electron chi connectivity index (χ2n) is 5.62. The van der Waals surface area contributed by atoms with Gasteiger partial charge in [-0.05, 0) is 31.2 Å². The van der Waals surface area contributed by atoms with Gasteiger partial charge < -0.3 is 8.83 Å². The van der Waals surface area contributed by atoms with E-state index in [9.17, 15) is 0 Å². The van der Waals surface area contributed by atoms with Crippen LogP contribution in [-0.4, -0.2) is 21.4 Å². The number of fused-ring (bicyclic) bond motifs is 1. The number of aryl methyl sites for hydroxylation is 1. The van der Waals surface area contributed by atoms with Crippen LogP contribution in [0, 0.1) is 6.92 Å². The molecule has 0 amide bonds. The normalized spacial score (nSPS) is 15.0. The standard InChI is InChI=1S/C17H17N3O2/c1-12-4-5-14(22-12)11-20-7-6-15-13(10-20)9-18-17(19-15)16-3-2-8-21-16/h2-5,8-9H,6-7,10-11H2,1H3. The van der Waals surface area contributed by atoms with Crippen LogP contribution in [0.5, 0.6) is 0 Å². The van der Waals surface area contributed by atoms with Crippen molar-refractivity contribution < 1.29 is 8.83 Å². The van der Waals surface area contributed by atoms with Gasteiger partial charge in [0.15, 0.2) is 11.6 Å². The molecule has 0 radical (unpaired) electrons.